The largest absolute Gasteiger partial charge is 0.295 e. The van der Waals surface area contributed by atoms with Gasteiger partial charge in [0.15, 0.2) is 0 Å². The maximum absolute atomic E-state index is 11.1. The zero-order valence-corrected chi connectivity index (χ0v) is 14.3. The summed E-state index contributed by atoms with van der Waals surface area (Å²) in [5.74, 6) is 2.27. The van der Waals surface area contributed by atoms with E-state index in [0.29, 0.717) is 12.6 Å². The molecule has 1 fully saturated rings. The number of benzene rings is 1. The Morgan fingerprint density at radius 3 is 2.71 bits per heavy atom. The Kier molecular flexibility index (Phi) is 6.10. The van der Waals surface area contributed by atoms with Gasteiger partial charge in [-0.25, -0.2) is 13.1 Å². The van der Waals surface area contributed by atoms with E-state index >= 15 is 0 Å². The van der Waals surface area contributed by atoms with Crippen molar-refractivity contribution in [3.05, 3.63) is 35.4 Å². The lowest BCUT2D eigenvalue weighted by atomic mass is 10.0. The fraction of sp³-hybridized carbons (Fsp3) is 0.600. The quantitative estimate of drug-likeness (QED) is 0.812. The summed E-state index contributed by atoms with van der Waals surface area (Å²) in [5, 5.41) is 0. The van der Waals surface area contributed by atoms with Gasteiger partial charge in [-0.2, -0.15) is 11.8 Å². The third kappa shape index (κ3) is 5.62. The first-order chi connectivity index (χ1) is 9.96. The fourth-order valence-electron chi connectivity index (χ4n) is 2.54. The number of hydrogen-bond donors (Lipinski definition) is 1. The molecule has 2 rings (SSSR count). The number of rotatable bonds is 6. The molecule has 0 bridgehead atoms. The Hall–Kier alpha value is -0.560. The number of aryl methyl sites for hydroxylation is 1. The van der Waals surface area contributed by atoms with Gasteiger partial charge in [-0.05, 0) is 18.9 Å². The Bertz CT molecular complexity index is 543. The number of thioether (sulfide) groups is 1. The Balaban J connectivity index is 1.91. The molecular formula is C15H24N2O2S2. The van der Waals surface area contributed by atoms with Crippen molar-refractivity contribution in [1.29, 1.82) is 0 Å². The molecule has 4 nitrogen and oxygen atoms in total. The van der Waals surface area contributed by atoms with Crippen LogP contribution >= 0.6 is 11.8 Å². The van der Waals surface area contributed by atoms with Crippen molar-refractivity contribution in [2.24, 2.45) is 0 Å². The van der Waals surface area contributed by atoms with Gasteiger partial charge in [0.25, 0.3) is 0 Å². The van der Waals surface area contributed by atoms with Crippen LogP contribution in [0.15, 0.2) is 24.3 Å². The van der Waals surface area contributed by atoms with Crippen LogP contribution in [0, 0.1) is 6.92 Å². The van der Waals surface area contributed by atoms with Gasteiger partial charge < -0.3 is 0 Å². The van der Waals surface area contributed by atoms with Crippen LogP contribution in [0.25, 0.3) is 0 Å². The summed E-state index contributed by atoms with van der Waals surface area (Å²) in [7, 11) is -3.07. The van der Waals surface area contributed by atoms with E-state index in [1.165, 1.54) is 17.4 Å². The lowest BCUT2D eigenvalue weighted by Gasteiger charge is -2.35. The predicted molar refractivity (Wildman–Crippen MR) is 90.3 cm³/mol. The molecule has 1 aromatic rings. The normalized spacial score (nSPS) is 20.6. The average molecular weight is 329 g/mol. The number of nitrogens with one attached hydrogen (secondary N) is 1. The molecule has 1 aliphatic rings. The Labute approximate surface area is 132 Å². The van der Waals surface area contributed by atoms with E-state index < -0.39 is 10.0 Å². The molecular weight excluding hydrogens is 304 g/mol. The van der Waals surface area contributed by atoms with Crippen LogP contribution in [0.4, 0.5) is 0 Å². The van der Waals surface area contributed by atoms with Gasteiger partial charge in [-0.3, -0.25) is 4.90 Å². The standard InChI is InChI=1S/C15H24N2O2S2/c1-13-4-6-14(7-5-13)15-12-20-11-10-17(15)9-3-8-16-21(2,18)19/h4-7,15-16H,3,8-12H2,1-2H3. The molecule has 6 heteroatoms. The maximum atomic E-state index is 11.1. The second kappa shape index (κ2) is 7.63. The third-order valence-corrected chi connectivity index (χ3v) is 5.44. The first-order valence-corrected chi connectivity index (χ1v) is 10.3. The summed E-state index contributed by atoms with van der Waals surface area (Å²) < 4.78 is 24.7. The predicted octanol–water partition coefficient (Wildman–Crippen LogP) is 2.02. The highest BCUT2D eigenvalue weighted by molar-refractivity contribution is 7.99. The maximum Gasteiger partial charge on any atom is 0.208 e. The first kappa shape index (κ1) is 16.8. The van der Waals surface area contributed by atoms with E-state index in [2.05, 4.69) is 40.8 Å². The van der Waals surface area contributed by atoms with Gasteiger partial charge in [-0.15, -0.1) is 0 Å². The van der Waals surface area contributed by atoms with Crippen molar-refractivity contribution in [3.63, 3.8) is 0 Å². The highest BCUT2D eigenvalue weighted by Crippen LogP contribution is 2.29. The van der Waals surface area contributed by atoms with E-state index in [4.69, 9.17) is 0 Å². The van der Waals surface area contributed by atoms with Crippen LogP contribution in [-0.4, -0.2) is 50.7 Å². The Morgan fingerprint density at radius 2 is 2.05 bits per heavy atom. The van der Waals surface area contributed by atoms with E-state index in [-0.39, 0.29) is 0 Å². The van der Waals surface area contributed by atoms with Crippen molar-refractivity contribution in [2.75, 3.05) is 37.4 Å². The minimum Gasteiger partial charge on any atom is -0.295 e. The molecule has 1 atom stereocenters. The molecule has 1 aliphatic heterocycles. The molecule has 0 saturated carbocycles. The van der Waals surface area contributed by atoms with Gasteiger partial charge in [-0.1, -0.05) is 29.8 Å². The van der Waals surface area contributed by atoms with Crippen LogP contribution in [0.5, 0.6) is 0 Å². The van der Waals surface area contributed by atoms with Crippen LogP contribution in [-0.2, 0) is 10.0 Å². The van der Waals surface area contributed by atoms with Gasteiger partial charge in [0, 0.05) is 37.2 Å². The summed E-state index contributed by atoms with van der Waals surface area (Å²) in [5.41, 5.74) is 2.65. The summed E-state index contributed by atoms with van der Waals surface area (Å²) >= 11 is 2.00. The van der Waals surface area contributed by atoms with Crippen molar-refractivity contribution in [2.45, 2.75) is 19.4 Å². The van der Waals surface area contributed by atoms with Gasteiger partial charge in [0.05, 0.1) is 6.26 Å². The highest BCUT2D eigenvalue weighted by atomic mass is 32.2. The summed E-state index contributed by atoms with van der Waals surface area (Å²) in [6.45, 7) is 4.63. The molecule has 21 heavy (non-hydrogen) atoms. The fourth-order valence-corrected chi connectivity index (χ4v) is 4.21. The van der Waals surface area contributed by atoms with Crippen LogP contribution < -0.4 is 4.72 Å². The average Bonchev–Trinajstić information content (AvgIpc) is 2.44. The number of sulfonamides is 1. The van der Waals surface area contributed by atoms with E-state index in [1.54, 1.807) is 0 Å². The third-order valence-electron chi connectivity index (χ3n) is 3.69. The van der Waals surface area contributed by atoms with Crippen molar-refractivity contribution in [1.82, 2.24) is 9.62 Å². The molecule has 1 N–H and O–H groups in total. The Morgan fingerprint density at radius 1 is 1.33 bits per heavy atom. The molecule has 1 heterocycles. The van der Waals surface area contributed by atoms with Crippen molar-refractivity contribution < 1.29 is 8.42 Å². The van der Waals surface area contributed by atoms with Crippen LogP contribution in [0.1, 0.15) is 23.6 Å². The van der Waals surface area contributed by atoms with Crippen molar-refractivity contribution >= 4 is 21.8 Å². The van der Waals surface area contributed by atoms with Gasteiger partial charge >= 0.3 is 0 Å². The molecule has 0 aromatic heterocycles. The molecule has 0 aliphatic carbocycles. The van der Waals surface area contributed by atoms with Gasteiger partial charge in [0.1, 0.15) is 0 Å². The van der Waals surface area contributed by atoms with E-state index in [9.17, 15) is 8.42 Å². The minimum atomic E-state index is -3.07. The monoisotopic (exact) mass is 328 g/mol. The van der Waals surface area contributed by atoms with Gasteiger partial charge in [0.2, 0.25) is 10.0 Å². The minimum absolute atomic E-state index is 0.447. The molecule has 0 amide bonds. The van der Waals surface area contributed by atoms with Crippen molar-refractivity contribution in [3.8, 4) is 0 Å². The lowest BCUT2D eigenvalue weighted by Crippen LogP contribution is -2.38. The second-order valence-electron chi connectivity index (χ2n) is 5.56. The summed E-state index contributed by atoms with van der Waals surface area (Å²) in [6, 6.07) is 9.21. The van der Waals surface area contributed by atoms with Crippen LogP contribution in [0.3, 0.4) is 0 Å². The van der Waals surface area contributed by atoms with Crippen LogP contribution in [0.2, 0.25) is 0 Å². The topological polar surface area (TPSA) is 49.4 Å². The highest BCUT2D eigenvalue weighted by Gasteiger charge is 2.23. The molecule has 1 saturated heterocycles. The molecule has 0 spiro atoms. The first-order valence-electron chi connectivity index (χ1n) is 7.29. The number of hydrogen-bond acceptors (Lipinski definition) is 4. The SMILES string of the molecule is Cc1ccc(C2CSCCN2CCCNS(C)(=O)=O)cc1. The summed E-state index contributed by atoms with van der Waals surface area (Å²) in [6.07, 6.45) is 2.06. The molecule has 1 unspecified atom stereocenters. The zero-order valence-electron chi connectivity index (χ0n) is 12.7. The van der Waals surface area contributed by atoms with E-state index in [0.717, 1.165) is 31.0 Å². The number of nitrogens with zero attached hydrogens (tertiary/aromatic N) is 1. The zero-order chi connectivity index (χ0) is 15.3. The molecule has 0 radical (unpaired) electrons. The lowest BCUT2D eigenvalue weighted by molar-refractivity contribution is 0.219. The second-order valence-corrected chi connectivity index (χ2v) is 8.54. The van der Waals surface area contributed by atoms with E-state index in [1.807, 2.05) is 11.8 Å². The molecule has 118 valence electrons. The summed E-state index contributed by atoms with van der Waals surface area (Å²) in [4.78, 5) is 2.48. The smallest absolute Gasteiger partial charge is 0.208 e. The molecule has 1 aromatic carbocycles.